The van der Waals surface area contributed by atoms with Crippen molar-refractivity contribution < 1.29 is 4.79 Å². The summed E-state index contributed by atoms with van der Waals surface area (Å²) >= 11 is 0. The molecule has 3 aromatic rings. The average molecular weight is 349 g/mol. The van der Waals surface area contributed by atoms with Crippen molar-refractivity contribution >= 4 is 11.6 Å². The number of anilines is 1. The number of carbonyl (C=O) groups is 1. The number of rotatable bonds is 5. The van der Waals surface area contributed by atoms with Crippen molar-refractivity contribution in [2.45, 2.75) is 20.3 Å². The standard InChI is InChI=1S/C19H19N5O2/c1-3-24(14-8-5-4-6-9-14)16(25)12-15-13(2)22-18(23-19(15)26)17-20-10-7-11-21-17/h4-11H,3,12H2,1-2H3,(H,22,23,26). The summed E-state index contributed by atoms with van der Waals surface area (Å²) < 4.78 is 0. The normalized spacial score (nSPS) is 10.5. The molecular weight excluding hydrogens is 330 g/mol. The first-order valence-corrected chi connectivity index (χ1v) is 8.32. The van der Waals surface area contributed by atoms with E-state index in [4.69, 9.17) is 0 Å². The number of amides is 1. The summed E-state index contributed by atoms with van der Waals surface area (Å²) in [5.74, 6) is 0.475. The molecule has 1 aromatic carbocycles. The van der Waals surface area contributed by atoms with Gasteiger partial charge in [-0.2, -0.15) is 0 Å². The third kappa shape index (κ3) is 3.66. The predicted octanol–water partition coefficient (Wildman–Crippen LogP) is 2.13. The van der Waals surface area contributed by atoms with E-state index in [0.717, 1.165) is 5.69 Å². The lowest BCUT2D eigenvalue weighted by Crippen LogP contribution is -2.34. The van der Waals surface area contributed by atoms with Gasteiger partial charge in [-0.1, -0.05) is 18.2 Å². The molecule has 1 amide bonds. The van der Waals surface area contributed by atoms with Crippen LogP contribution in [0.25, 0.3) is 11.6 Å². The monoisotopic (exact) mass is 349 g/mol. The molecule has 1 N–H and O–H groups in total. The van der Waals surface area contributed by atoms with Gasteiger partial charge in [-0.15, -0.1) is 0 Å². The smallest absolute Gasteiger partial charge is 0.255 e. The number of aromatic nitrogens is 4. The van der Waals surface area contributed by atoms with Crippen LogP contribution in [0.2, 0.25) is 0 Å². The van der Waals surface area contributed by atoms with Crippen LogP contribution in [0, 0.1) is 6.92 Å². The molecule has 0 aliphatic carbocycles. The van der Waals surface area contributed by atoms with E-state index in [1.165, 1.54) is 0 Å². The van der Waals surface area contributed by atoms with Gasteiger partial charge in [-0.05, 0) is 32.0 Å². The second-order valence-electron chi connectivity index (χ2n) is 5.70. The minimum Gasteiger partial charge on any atom is -0.312 e. The zero-order valence-corrected chi connectivity index (χ0v) is 14.6. The van der Waals surface area contributed by atoms with Crippen LogP contribution >= 0.6 is 0 Å². The predicted molar refractivity (Wildman–Crippen MR) is 98.8 cm³/mol. The number of aromatic amines is 1. The molecule has 0 saturated heterocycles. The molecule has 0 spiro atoms. The SMILES string of the molecule is CCN(C(=O)Cc1c(C)nc(-c2ncccn2)[nH]c1=O)c1ccccc1. The fraction of sp³-hybridized carbons (Fsp3) is 0.211. The lowest BCUT2D eigenvalue weighted by atomic mass is 10.1. The van der Waals surface area contributed by atoms with Crippen LogP contribution in [0.5, 0.6) is 0 Å². The number of likely N-dealkylation sites (N-methyl/N-ethyl adjacent to an activating group) is 1. The second-order valence-corrected chi connectivity index (χ2v) is 5.70. The Bertz CT molecular complexity index is 955. The molecule has 0 aliphatic heterocycles. The van der Waals surface area contributed by atoms with E-state index in [9.17, 15) is 9.59 Å². The maximum atomic E-state index is 12.7. The number of nitrogens with zero attached hydrogens (tertiary/aromatic N) is 4. The summed E-state index contributed by atoms with van der Waals surface area (Å²) in [6.07, 6.45) is 3.13. The first-order valence-electron chi connectivity index (χ1n) is 8.32. The average Bonchev–Trinajstić information content (AvgIpc) is 2.66. The highest BCUT2D eigenvalue weighted by Crippen LogP contribution is 2.15. The third-order valence-electron chi connectivity index (χ3n) is 4.01. The molecule has 132 valence electrons. The highest BCUT2D eigenvalue weighted by atomic mass is 16.2. The zero-order valence-electron chi connectivity index (χ0n) is 14.6. The molecule has 2 aromatic heterocycles. The summed E-state index contributed by atoms with van der Waals surface area (Å²) in [7, 11) is 0. The zero-order chi connectivity index (χ0) is 18.5. The van der Waals surface area contributed by atoms with E-state index in [1.807, 2.05) is 37.3 Å². The molecule has 2 heterocycles. The molecule has 7 heteroatoms. The number of nitrogens with one attached hydrogen (secondary N) is 1. The van der Waals surface area contributed by atoms with Crippen molar-refractivity contribution in [3.8, 4) is 11.6 Å². The minimum atomic E-state index is -0.350. The Balaban J connectivity index is 1.88. The van der Waals surface area contributed by atoms with Crippen LogP contribution in [0.15, 0.2) is 53.6 Å². The van der Waals surface area contributed by atoms with Gasteiger partial charge in [-0.3, -0.25) is 9.59 Å². The third-order valence-corrected chi connectivity index (χ3v) is 4.01. The number of carbonyl (C=O) groups excluding carboxylic acids is 1. The Morgan fingerprint density at radius 3 is 2.42 bits per heavy atom. The summed E-state index contributed by atoms with van der Waals surface area (Å²) in [5, 5.41) is 0. The topological polar surface area (TPSA) is 91.8 Å². The van der Waals surface area contributed by atoms with Crippen molar-refractivity contribution in [1.29, 1.82) is 0 Å². The van der Waals surface area contributed by atoms with E-state index in [1.54, 1.807) is 30.3 Å². The van der Waals surface area contributed by atoms with Gasteiger partial charge in [0.15, 0.2) is 11.6 Å². The van der Waals surface area contributed by atoms with E-state index >= 15 is 0 Å². The molecule has 7 nitrogen and oxygen atoms in total. The van der Waals surface area contributed by atoms with Crippen LogP contribution < -0.4 is 10.5 Å². The second kappa shape index (κ2) is 7.69. The molecule has 0 atom stereocenters. The van der Waals surface area contributed by atoms with Gasteiger partial charge in [0.1, 0.15) is 0 Å². The maximum absolute atomic E-state index is 12.7. The van der Waals surface area contributed by atoms with Gasteiger partial charge in [-0.25, -0.2) is 15.0 Å². The number of aryl methyl sites for hydroxylation is 1. The molecule has 0 saturated carbocycles. The van der Waals surface area contributed by atoms with Crippen molar-refractivity contribution in [3.63, 3.8) is 0 Å². The molecule has 26 heavy (non-hydrogen) atoms. The Kier molecular flexibility index (Phi) is 5.17. The van der Waals surface area contributed by atoms with E-state index in [0.29, 0.717) is 29.5 Å². The molecule has 0 radical (unpaired) electrons. The summed E-state index contributed by atoms with van der Waals surface area (Å²) in [5.41, 5.74) is 1.30. The van der Waals surface area contributed by atoms with Gasteiger partial charge in [0.05, 0.1) is 6.42 Å². The summed E-state index contributed by atoms with van der Waals surface area (Å²) in [6.45, 7) is 4.13. The van der Waals surface area contributed by atoms with Crippen molar-refractivity contribution in [2.24, 2.45) is 0 Å². The van der Waals surface area contributed by atoms with Gasteiger partial charge >= 0.3 is 0 Å². The maximum Gasteiger partial charge on any atom is 0.255 e. The fourth-order valence-electron chi connectivity index (χ4n) is 2.70. The summed E-state index contributed by atoms with van der Waals surface area (Å²) in [4.78, 5) is 42.1. The molecule has 0 bridgehead atoms. The molecular formula is C19H19N5O2. The van der Waals surface area contributed by atoms with Gasteiger partial charge < -0.3 is 9.88 Å². The molecule has 3 rings (SSSR count). The first kappa shape index (κ1) is 17.5. The highest BCUT2D eigenvalue weighted by molar-refractivity contribution is 5.94. The number of para-hydroxylation sites is 1. The van der Waals surface area contributed by atoms with Crippen molar-refractivity contribution in [2.75, 3.05) is 11.4 Å². The van der Waals surface area contributed by atoms with Crippen LogP contribution in [0.4, 0.5) is 5.69 Å². The largest absolute Gasteiger partial charge is 0.312 e. The number of hydrogen-bond donors (Lipinski definition) is 1. The van der Waals surface area contributed by atoms with Crippen LogP contribution in [0.1, 0.15) is 18.2 Å². The van der Waals surface area contributed by atoms with Gasteiger partial charge in [0, 0.05) is 35.9 Å². The Hall–Kier alpha value is -3.35. The minimum absolute atomic E-state index is 0.0210. The Morgan fingerprint density at radius 2 is 1.81 bits per heavy atom. The van der Waals surface area contributed by atoms with E-state index < -0.39 is 0 Å². The van der Waals surface area contributed by atoms with E-state index in [2.05, 4.69) is 19.9 Å². The molecule has 0 aliphatic rings. The number of benzene rings is 1. The van der Waals surface area contributed by atoms with Gasteiger partial charge in [0.25, 0.3) is 5.56 Å². The van der Waals surface area contributed by atoms with Crippen LogP contribution in [-0.4, -0.2) is 32.4 Å². The van der Waals surface area contributed by atoms with Crippen LogP contribution in [-0.2, 0) is 11.2 Å². The number of hydrogen-bond acceptors (Lipinski definition) is 5. The lowest BCUT2D eigenvalue weighted by molar-refractivity contribution is -0.118. The van der Waals surface area contributed by atoms with Gasteiger partial charge in [0.2, 0.25) is 5.91 Å². The highest BCUT2D eigenvalue weighted by Gasteiger charge is 2.19. The Labute approximate surface area is 150 Å². The number of H-pyrrole nitrogens is 1. The molecule has 0 fully saturated rings. The quantitative estimate of drug-likeness (QED) is 0.762. The van der Waals surface area contributed by atoms with E-state index in [-0.39, 0.29) is 17.9 Å². The molecule has 0 unspecified atom stereocenters. The Morgan fingerprint density at radius 1 is 1.12 bits per heavy atom. The first-order chi connectivity index (χ1) is 12.6. The van der Waals surface area contributed by atoms with Crippen molar-refractivity contribution in [3.05, 3.63) is 70.4 Å². The lowest BCUT2D eigenvalue weighted by Gasteiger charge is -2.21. The van der Waals surface area contributed by atoms with Crippen molar-refractivity contribution in [1.82, 2.24) is 19.9 Å². The summed E-state index contributed by atoms with van der Waals surface area (Å²) in [6, 6.07) is 11.1. The fourth-order valence-corrected chi connectivity index (χ4v) is 2.70. The van der Waals surface area contributed by atoms with Crippen LogP contribution in [0.3, 0.4) is 0 Å².